The topological polar surface area (TPSA) is 72.2 Å². The molecule has 7 heteroatoms. The molecule has 25 heavy (non-hydrogen) atoms. The van der Waals surface area contributed by atoms with Gasteiger partial charge in [-0.1, -0.05) is 6.07 Å². The molecule has 1 aliphatic heterocycles. The Bertz CT molecular complexity index is 721. The second-order valence-electron chi connectivity index (χ2n) is 5.65. The summed E-state index contributed by atoms with van der Waals surface area (Å²) >= 11 is 0. The number of carbonyl (C=O) groups is 2. The number of hydrogen-bond donors (Lipinski definition) is 0. The summed E-state index contributed by atoms with van der Waals surface area (Å²) in [5.74, 6) is 1.09. The zero-order valence-corrected chi connectivity index (χ0v) is 14.0. The van der Waals surface area contributed by atoms with E-state index in [-0.39, 0.29) is 18.4 Å². The van der Waals surface area contributed by atoms with Crippen molar-refractivity contribution in [1.29, 1.82) is 0 Å². The number of furan rings is 1. The van der Waals surface area contributed by atoms with Crippen molar-refractivity contribution >= 4 is 11.8 Å². The molecule has 0 spiro atoms. The highest BCUT2D eigenvalue weighted by Gasteiger charge is 2.25. The summed E-state index contributed by atoms with van der Waals surface area (Å²) in [5.41, 5.74) is 0.529. The molecule has 0 bridgehead atoms. The average Bonchev–Trinajstić information content (AvgIpc) is 3.20. The molecule has 0 radical (unpaired) electrons. The largest absolute Gasteiger partial charge is 0.497 e. The lowest BCUT2D eigenvalue weighted by Gasteiger charge is -2.34. The quantitative estimate of drug-likeness (QED) is 0.825. The van der Waals surface area contributed by atoms with Crippen LogP contribution in [-0.2, 0) is 4.79 Å². The molecule has 1 aromatic carbocycles. The molecule has 0 unspecified atom stereocenters. The van der Waals surface area contributed by atoms with Gasteiger partial charge in [-0.05, 0) is 18.2 Å². The molecule has 2 amide bonds. The Kier molecular flexibility index (Phi) is 5.23. The molecule has 1 fully saturated rings. The van der Waals surface area contributed by atoms with Crippen LogP contribution >= 0.6 is 0 Å². The minimum Gasteiger partial charge on any atom is -0.497 e. The number of piperazine rings is 1. The van der Waals surface area contributed by atoms with E-state index < -0.39 is 0 Å². The van der Waals surface area contributed by atoms with E-state index in [9.17, 15) is 9.59 Å². The van der Waals surface area contributed by atoms with Crippen molar-refractivity contribution < 1.29 is 23.5 Å². The van der Waals surface area contributed by atoms with Gasteiger partial charge in [0.25, 0.3) is 11.8 Å². The molecule has 1 aliphatic rings. The van der Waals surface area contributed by atoms with Crippen LogP contribution in [0, 0.1) is 0 Å². The molecule has 0 aliphatic carbocycles. The fourth-order valence-corrected chi connectivity index (χ4v) is 2.66. The van der Waals surface area contributed by atoms with Crippen molar-refractivity contribution in [1.82, 2.24) is 9.80 Å². The number of hydrogen-bond acceptors (Lipinski definition) is 5. The van der Waals surface area contributed by atoms with E-state index in [1.807, 2.05) is 6.07 Å². The van der Waals surface area contributed by atoms with Gasteiger partial charge < -0.3 is 23.7 Å². The summed E-state index contributed by atoms with van der Waals surface area (Å²) in [5, 5.41) is 0. The third kappa shape index (κ3) is 4.12. The molecule has 0 atom stereocenters. The highest BCUT2D eigenvalue weighted by Crippen LogP contribution is 2.19. The maximum Gasteiger partial charge on any atom is 0.260 e. The molecule has 7 nitrogen and oxygen atoms in total. The van der Waals surface area contributed by atoms with Crippen LogP contribution in [0.1, 0.15) is 10.4 Å². The number of rotatable bonds is 5. The molecule has 1 saturated heterocycles. The maximum absolute atomic E-state index is 12.3. The van der Waals surface area contributed by atoms with Gasteiger partial charge in [-0.2, -0.15) is 0 Å². The van der Waals surface area contributed by atoms with E-state index in [2.05, 4.69) is 0 Å². The van der Waals surface area contributed by atoms with Gasteiger partial charge in [-0.3, -0.25) is 9.59 Å². The Morgan fingerprint density at radius 1 is 1.08 bits per heavy atom. The third-order valence-corrected chi connectivity index (χ3v) is 4.09. The van der Waals surface area contributed by atoms with Crippen molar-refractivity contribution in [2.24, 2.45) is 0 Å². The molecule has 2 heterocycles. The summed E-state index contributed by atoms with van der Waals surface area (Å²) in [7, 11) is 1.58. The monoisotopic (exact) mass is 344 g/mol. The SMILES string of the molecule is COc1cccc(OCC(=O)N2CCN(C(=O)c3ccoc3)CC2)c1. The predicted molar refractivity (Wildman–Crippen MR) is 89.7 cm³/mol. The number of amides is 2. The van der Waals surface area contributed by atoms with Crippen LogP contribution < -0.4 is 9.47 Å². The van der Waals surface area contributed by atoms with Gasteiger partial charge in [-0.25, -0.2) is 0 Å². The number of nitrogens with zero attached hydrogens (tertiary/aromatic N) is 2. The standard InChI is InChI=1S/C18H20N2O5/c1-23-15-3-2-4-16(11-15)25-13-17(21)19-6-8-20(9-7-19)18(22)14-5-10-24-12-14/h2-5,10-12H,6-9,13H2,1H3. The van der Waals surface area contributed by atoms with Crippen molar-refractivity contribution in [2.75, 3.05) is 39.9 Å². The lowest BCUT2D eigenvalue weighted by Crippen LogP contribution is -2.51. The van der Waals surface area contributed by atoms with Crippen LogP contribution in [0.2, 0.25) is 0 Å². The molecule has 3 rings (SSSR count). The van der Waals surface area contributed by atoms with Gasteiger partial charge in [0.05, 0.1) is 18.9 Å². The first-order valence-electron chi connectivity index (χ1n) is 8.03. The molecule has 132 valence electrons. The first-order chi connectivity index (χ1) is 12.2. The Morgan fingerprint density at radius 2 is 1.80 bits per heavy atom. The Morgan fingerprint density at radius 3 is 2.48 bits per heavy atom. The minimum absolute atomic E-state index is 0.0388. The number of carbonyl (C=O) groups excluding carboxylic acids is 2. The summed E-state index contributed by atoms with van der Waals surface area (Å²) in [6.07, 6.45) is 2.91. The Balaban J connectivity index is 1.47. The van der Waals surface area contributed by atoms with Crippen molar-refractivity contribution in [3.63, 3.8) is 0 Å². The lowest BCUT2D eigenvalue weighted by atomic mass is 10.2. The summed E-state index contributed by atoms with van der Waals surface area (Å²) in [6.45, 7) is 1.93. The molecule has 2 aromatic rings. The zero-order chi connectivity index (χ0) is 17.6. The van der Waals surface area contributed by atoms with Crippen molar-refractivity contribution in [3.8, 4) is 11.5 Å². The highest BCUT2D eigenvalue weighted by molar-refractivity contribution is 5.94. The first-order valence-corrected chi connectivity index (χ1v) is 8.03. The van der Waals surface area contributed by atoms with E-state index in [0.717, 1.165) is 0 Å². The molecule has 1 aromatic heterocycles. The summed E-state index contributed by atoms with van der Waals surface area (Å²) in [6, 6.07) is 8.76. The molecular weight excluding hydrogens is 324 g/mol. The first kappa shape index (κ1) is 16.9. The smallest absolute Gasteiger partial charge is 0.260 e. The van der Waals surface area contributed by atoms with Gasteiger partial charge in [0.15, 0.2) is 6.61 Å². The fourth-order valence-electron chi connectivity index (χ4n) is 2.66. The van der Waals surface area contributed by atoms with Crippen LogP contribution in [0.4, 0.5) is 0 Å². The number of benzene rings is 1. The zero-order valence-electron chi connectivity index (χ0n) is 14.0. The van der Waals surface area contributed by atoms with Gasteiger partial charge in [0.1, 0.15) is 17.8 Å². The third-order valence-electron chi connectivity index (χ3n) is 4.09. The van der Waals surface area contributed by atoms with Crippen LogP contribution in [0.3, 0.4) is 0 Å². The van der Waals surface area contributed by atoms with Crippen LogP contribution in [-0.4, -0.2) is 61.5 Å². The Labute approximate surface area is 145 Å². The number of methoxy groups -OCH3 is 1. The van der Waals surface area contributed by atoms with Gasteiger partial charge in [0.2, 0.25) is 0 Å². The van der Waals surface area contributed by atoms with Gasteiger partial charge in [-0.15, -0.1) is 0 Å². The van der Waals surface area contributed by atoms with E-state index in [4.69, 9.17) is 13.9 Å². The van der Waals surface area contributed by atoms with Gasteiger partial charge >= 0.3 is 0 Å². The predicted octanol–water partition coefficient (Wildman–Crippen LogP) is 1.65. The van der Waals surface area contributed by atoms with Crippen molar-refractivity contribution in [3.05, 3.63) is 48.4 Å². The van der Waals surface area contributed by atoms with Gasteiger partial charge in [0, 0.05) is 32.2 Å². The fraction of sp³-hybridized carbons (Fsp3) is 0.333. The number of ether oxygens (including phenoxy) is 2. The summed E-state index contributed by atoms with van der Waals surface area (Å²) in [4.78, 5) is 27.9. The van der Waals surface area contributed by atoms with Crippen LogP contribution in [0.5, 0.6) is 11.5 Å². The van der Waals surface area contributed by atoms with E-state index in [1.54, 1.807) is 41.2 Å². The van der Waals surface area contributed by atoms with Crippen molar-refractivity contribution in [2.45, 2.75) is 0 Å². The second kappa shape index (κ2) is 7.74. The second-order valence-corrected chi connectivity index (χ2v) is 5.65. The highest BCUT2D eigenvalue weighted by atomic mass is 16.5. The normalized spacial score (nSPS) is 14.3. The lowest BCUT2D eigenvalue weighted by molar-refractivity contribution is -0.134. The molecule has 0 N–H and O–H groups in total. The maximum atomic E-state index is 12.3. The molecular formula is C18H20N2O5. The van der Waals surface area contributed by atoms with E-state index in [1.165, 1.54) is 12.5 Å². The average molecular weight is 344 g/mol. The van der Waals surface area contributed by atoms with E-state index in [0.29, 0.717) is 43.2 Å². The Hall–Kier alpha value is -2.96. The minimum atomic E-state index is -0.0989. The van der Waals surface area contributed by atoms with E-state index >= 15 is 0 Å². The van der Waals surface area contributed by atoms with Crippen LogP contribution in [0.25, 0.3) is 0 Å². The summed E-state index contributed by atoms with van der Waals surface area (Å²) < 4.78 is 15.6. The molecule has 0 saturated carbocycles. The van der Waals surface area contributed by atoms with Crippen LogP contribution in [0.15, 0.2) is 47.3 Å².